The largest absolute Gasteiger partial charge is 0.319 e. The van der Waals surface area contributed by atoms with Crippen LogP contribution in [0.2, 0.25) is 10.0 Å². The molecule has 2 rings (SSSR count). The smallest absolute Gasteiger partial charge is 0.0807 e. The zero-order chi connectivity index (χ0) is 13.1. The van der Waals surface area contributed by atoms with Crippen molar-refractivity contribution in [1.29, 1.82) is 0 Å². The molecule has 1 aromatic carbocycles. The normalized spacial score (nSPS) is 12.7. The van der Waals surface area contributed by atoms with Crippen molar-refractivity contribution >= 4 is 34.7 Å². The van der Waals surface area contributed by atoms with E-state index in [0.29, 0.717) is 10.0 Å². The third-order valence-electron chi connectivity index (χ3n) is 2.67. The van der Waals surface area contributed by atoms with Crippen molar-refractivity contribution in [3.05, 3.63) is 44.4 Å². The van der Waals surface area contributed by atoms with E-state index in [0.717, 1.165) is 29.0 Å². The maximum absolute atomic E-state index is 6.25. The van der Waals surface area contributed by atoms with Crippen LogP contribution in [-0.2, 0) is 6.42 Å². The molecule has 0 saturated heterocycles. The maximum Gasteiger partial charge on any atom is 0.0807 e. The lowest BCUT2D eigenvalue weighted by Crippen LogP contribution is -2.13. The highest BCUT2D eigenvalue weighted by atomic mass is 35.5. The Balaban J connectivity index is 2.38. The fraction of sp³-hybridized carbons (Fsp3) is 0.333. The van der Waals surface area contributed by atoms with Crippen LogP contribution in [0.5, 0.6) is 0 Å². The van der Waals surface area contributed by atoms with Crippen LogP contribution in [0.15, 0.2) is 18.2 Å². The molecule has 0 aliphatic heterocycles. The van der Waals surface area contributed by atoms with Crippen molar-refractivity contribution in [2.24, 2.45) is 5.73 Å². The van der Waals surface area contributed by atoms with Gasteiger partial charge in [-0.1, -0.05) is 53.2 Å². The minimum absolute atomic E-state index is 0.322. The predicted octanol–water partition coefficient (Wildman–Crippen LogP) is 3.85. The summed E-state index contributed by atoms with van der Waals surface area (Å²) in [6.07, 6.45) is 1.88. The first kappa shape index (κ1) is 13.7. The van der Waals surface area contributed by atoms with Crippen LogP contribution in [0.4, 0.5) is 0 Å². The Morgan fingerprint density at radius 1 is 1.39 bits per heavy atom. The molecule has 0 aliphatic carbocycles. The molecule has 2 N–H and O–H groups in total. The number of aryl methyl sites for hydroxylation is 1. The summed E-state index contributed by atoms with van der Waals surface area (Å²) in [6.45, 7) is 2.10. The Morgan fingerprint density at radius 3 is 2.89 bits per heavy atom. The maximum atomic E-state index is 6.25. The second-order valence-corrected chi connectivity index (χ2v) is 5.53. The highest BCUT2D eigenvalue weighted by Gasteiger charge is 2.20. The summed E-state index contributed by atoms with van der Waals surface area (Å²) in [5.74, 6) is 0. The molecule has 1 unspecified atom stereocenters. The van der Waals surface area contributed by atoms with Crippen LogP contribution >= 0.6 is 34.7 Å². The van der Waals surface area contributed by atoms with E-state index < -0.39 is 0 Å². The Kier molecular flexibility index (Phi) is 4.56. The molecule has 0 spiro atoms. The molecule has 0 aliphatic rings. The van der Waals surface area contributed by atoms with Crippen LogP contribution in [-0.4, -0.2) is 9.59 Å². The zero-order valence-corrected chi connectivity index (χ0v) is 12.2. The Hall–Kier alpha value is -0.680. The first-order valence-corrected chi connectivity index (χ1v) is 7.18. The Bertz CT molecular complexity index is 542. The van der Waals surface area contributed by atoms with Crippen LogP contribution in [0.3, 0.4) is 0 Å². The standard InChI is InChI=1S/C12H13Cl2N3S/c1-2-4-9-12(18-17-16-9)11(15)7-5-3-6-8(13)10(7)14/h3,5-6,11H,2,4,15H2,1H3. The molecule has 1 atom stereocenters. The summed E-state index contributed by atoms with van der Waals surface area (Å²) >= 11 is 13.5. The van der Waals surface area contributed by atoms with Crippen molar-refractivity contribution in [2.45, 2.75) is 25.8 Å². The molecular weight excluding hydrogens is 289 g/mol. The van der Waals surface area contributed by atoms with Crippen molar-refractivity contribution in [1.82, 2.24) is 9.59 Å². The minimum Gasteiger partial charge on any atom is -0.319 e. The van der Waals surface area contributed by atoms with Gasteiger partial charge in [-0.15, -0.1) is 5.10 Å². The molecule has 1 aromatic heterocycles. The molecule has 2 aromatic rings. The predicted molar refractivity (Wildman–Crippen MR) is 76.4 cm³/mol. The molecule has 0 bridgehead atoms. The number of hydrogen-bond donors (Lipinski definition) is 1. The van der Waals surface area contributed by atoms with Gasteiger partial charge in [-0.05, 0) is 29.6 Å². The van der Waals surface area contributed by atoms with Gasteiger partial charge in [-0.2, -0.15) is 0 Å². The monoisotopic (exact) mass is 301 g/mol. The molecular formula is C12H13Cl2N3S. The van der Waals surface area contributed by atoms with Crippen molar-refractivity contribution in [2.75, 3.05) is 0 Å². The lowest BCUT2D eigenvalue weighted by atomic mass is 10.0. The van der Waals surface area contributed by atoms with Gasteiger partial charge in [0.15, 0.2) is 0 Å². The molecule has 96 valence electrons. The van der Waals surface area contributed by atoms with Gasteiger partial charge in [0, 0.05) is 0 Å². The summed E-state index contributed by atoms with van der Waals surface area (Å²) in [7, 11) is 0. The van der Waals surface area contributed by atoms with Crippen LogP contribution in [0.25, 0.3) is 0 Å². The topological polar surface area (TPSA) is 51.8 Å². The van der Waals surface area contributed by atoms with Gasteiger partial charge in [0.2, 0.25) is 0 Å². The molecule has 3 nitrogen and oxygen atoms in total. The van der Waals surface area contributed by atoms with Crippen LogP contribution in [0.1, 0.15) is 35.5 Å². The highest BCUT2D eigenvalue weighted by Crippen LogP contribution is 2.34. The number of nitrogens with two attached hydrogens (primary N) is 1. The molecule has 0 fully saturated rings. The molecule has 0 saturated carbocycles. The van der Waals surface area contributed by atoms with Crippen molar-refractivity contribution in [3.63, 3.8) is 0 Å². The minimum atomic E-state index is -0.322. The van der Waals surface area contributed by atoms with Gasteiger partial charge in [0.1, 0.15) is 0 Å². The second-order valence-electron chi connectivity index (χ2n) is 3.95. The molecule has 18 heavy (non-hydrogen) atoms. The van der Waals surface area contributed by atoms with Gasteiger partial charge >= 0.3 is 0 Å². The molecule has 0 amide bonds. The van der Waals surface area contributed by atoms with Crippen molar-refractivity contribution < 1.29 is 0 Å². The number of benzene rings is 1. The lowest BCUT2D eigenvalue weighted by molar-refractivity contribution is 0.814. The number of hydrogen-bond acceptors (Lipinski definition) is 4. The zero-order valence-electron chi connectivity index (χ0n) is 9.86. The van der Waals surface area contributed by atoms with E-state index in [1.807, 2.05) is 12.1 Å². The average molecular weight is 302 g/mol. The van der Waals surface area contributed by atoms with Crippen molar-refractivity contribution in [3.8, 4) is 0 Å². The highest BCUT2D eigenvalue weighted by molar-refractivity contribution is 7.05. The van der Waals surface area contributed by atoms with E-state index in [-0.39, 0.29) is 6.04 Å². The summed E-state index contributed by atoms with van der Waals surface area (Å²) in [5, 5.41) is 5.13. The first-order valence-electron chi connectivity index (χ1n) is 5.65. The average Bonchev–Trinajstić information content (AvgIpc) is 2.80. The van der Waals surface area contributed by atoms with E-state index >= 15 is 0 Å². The number of halogens is 2. The van der Waals surface area contributed by atoms with Crippen LogP contribution < -0.4 is 5.73 Å². The lowest BCUT2D eigenvalue weighted by Gasteiger charge is -2.13. The summed E-state index contributed by atoms with van der Waals surface area (Å²) in [4.78, 5) is 0.959. The fourth-order valence-corrected chi connectivity index (χ4v) is 2.91. The first-order chi connectivity index (χ1) is 8.65. The van der Waals surface area contributed by atoms with E-state index in [1.54, 1.807) is 6.07 Å². The van der Waals surface area contributed by atoms with Gasteiger partial charge < -0.3 is 5.73 Å². The SMILES string of the molecule is CCCc1nnsc1C(N)c1cccc(Cl)c1Cl. The van der Waals surface area contributed by atoms with Crippen LogP contribution in [0, 0.1) is 0 Å². The summed E-state index contributed by atoms with van der Waals surface area (Å²) in [5.41, 5.74) is 8.01. The Labute approximate surface area is 120 Å². The third kappa shape index (κ3) is 2.67. The van der Waals surface area contributed by atoms with E-state index in [4.69, 9.17) is 28.9 Å². The Morgan fingerprint density at radius 2 is 2.17 bits per heavy atom. The van der Waals surface area contributed by atoms with E-state index in [2.05, 4.69) is 16.5 Å². The van der Waals surface area contributed by atoms with E-state index in [1.165, 1.54) is 11.5 Å². The molecule has 0 radical (unpaired) electrons. The van der Waals surface area contributed by atoms with Gasteiger partial charge in [0.05, 0.1) is 26.7 Å². The number of nitrogens with zero attached hydrogens (tertiary/aromatic N) is 2. The van der Waals surface area contributed by atoms with Gasteiger partial charge in [-0.25, -0.2) is 0 Å². The number of aromatic nitrogens is 2. The van der Waals surface area contributed by atoms with Gasteiger partial charge in [0.25, 0.3) is 0 Å². The summed E-state index contributed by atoms with van der Waals surface area (Å²) in [6, 6.07) is 5.15. The summed E-state index contributed by atoms with van der Waals surface area (Å²) < 4.78 is 3.98. The molecule has 1 heterocycles. The van der Waals surface area contributed by atoms with Gasteiger partial charge in [-0.3, -0.25) is 0 Å². The fourth-order valence-electron chi connectivity index (χ4n) is 1.76. The number of rotatable bonds is 4. The molecule has 6 heteroatoms. The third-order valence-corrected chi connectivity index (χ3v) is 4.35. The second kappa shape index (κ2) is 5.97. The quantitative estimate of drug-likeness (QED) is 0.933. The van der Waals surface area contributed by atoms with E-state index in [9.17, 15) is 0 Å².